The van der Waals surface area contributed by atoms with Crippen molar-refractivity contribution in [2.75, 3.05) is 20.1 Å². The van der Waals surface area contributed by atoms with E-state index in [0.29, 0.717) is 24.5 Å². The van der Waals surface area contributed by atoms with Crippen molar-refractivity contribution in [1.29, 1.82) is 0 Å². The van der Waals surface area contributed by atoms with Crippen molar-refractivity contribution in [3.63, 3.8) is 0 Å². The summed E-state index contributed by atoms with van der Waals surface area (Å²) in [6, 6.07) is 1.73. The lowest BCUT2D eigenvalue weighted by Gasteiger charge is -2.22. The van der Waals surface area contributed by atoms with Gasteiger partial charge in [0.1, 0.15) is 0 Å². The summed E-state index contributed by atoms with van der Waals surface area (Å²) in [5, 5.41) is 4.89. The van der Waals surface area contributed by atoms with Crippen LogP contribution in [0.2, 0.25) is 0 Å². The zero-order chi connectivity index (χ0) is 15.0. The molecule has 0 fully saturated rings. The highest BCUT2D eigenvalue weighted by Gasteiger charge is 2.26. The van der Waals surface area contributed by atoms with E-state index in [1.165, 1.54) is 11.3 Å². The van der Waals surface area contributed by atoms with Crippen molar-refractivity contribution in [2.45, 2.75) is 51.0 Å². The summed E-state index contributed by atoms with van der Waals surface area (Å²) in [5.74, 6) is 0. The van der Waals surface area contributed by atoms with Gasteiger partial charge in [-0.15, -0.1) is 11.3 Å². The fourth-order valence-corrected chi connectivity index (χ4v) is 4.95. The quantitative estimate of drug-likeness (QED) is 0.721. The van der Waals surface area contributed by atoms with Gasteiger partial charge in [-0.3, -0.25) is 0 Å². The van der Waals surface area contributed by atoms with E-state index in [1.807, 2.05) is 12.4 Å². The highest BCUT2D eigenvalue weighted by atomic mass is 32.2. The minimum Gasteiger partial charge on any atom is -0.315 e. The van der Waals surface area contributed by atoms with Crippen LogP contribution in [0.4, 0.5) is 0 Å². The predicted molar refractivity (Wildman–Crippen MR) is 85.7 cm³/mol. The largest absolute Gasteiger partial charge is 0.315 e. The van der Waals surface area contributed by atoms with Crippen LogP contribution in [0.25, 0.3) is 0 Å². The van der Waals surface area contributed by atoms with Gasteiger partial charge in [0.05, 0.1) is 4.90 Å². The van der Waals surface area contributed by atoms with Crippen LogP contribution in [-0.2, 0) is 16.6 Å². The predicted octanol–water partition coefficient (Wildman–Crippen LogP) is 3.06. The second-order valence-electron chi connectivity index (χ2n) is 4.85. The first-order valence-corrected chi connectivity index (χ1v) is 9.61. The van der Waals surface area contributed by atoms with E-state index >= 15 is 0 Å². The average Bonchev–Trinajstić information content (AvgIpc) is 2.88. The highest BCUT2D eigenvalue weighted by molar-refractivity contribution is 7.89. The van der Waals surface area contributed by atoms with Gasteiger partial charge in [0.15, 0.2) is 0 Å². The van der Waals surface area contributed by atoms with Gasteiger partial charge in [-0.2, -0.15) is 4.31 Å². The second kappa shape index (κ2) is 8.77. The third-order valence-electron chi connectivity index (χ3n) is 3.18. The maximum atomic E-state index is 12.8. The van der Waals surface area contributed by atoms with Gasteiger partial charge in [-0.25, -0.2) is 8.42 Å². The van der Waals surface area contributed by atoms with Crippen LogP contribution in [0.1, 0.15) is 44.4 Å². The molecule has 0 atom stereocenters. The van der Waals surface area contributed by atoms with Crippen LogP contribution in [0, 0.1) is 0 Å². The van der Waals surface area contributed by atoms with Crippen LogP contribution < -0.4 is 5.32 Å². The highest BCUT2D eigenvalue weighted by Crippen LogP contribution is 2.25. The Hall–Kier alpha value is -0.430. The van der Waals surface area contributed by atoms with Gasteiger partial charge in [0, 0.05) is 24.5 Å². The van der Waals surface area contributed by atoms with Crippen molar-refractivity contribution >= 4 is 21.4 Å². The standard InChI is InChI=1S/C14H26N2O2S2/c1-4-6-9-16(10-7-5-2)20(17,18)14-8-11-19-13(14)12-15-3/h8,11,15H,4-7,9-10,12H2,1-3H3. The summed E-state index contributed by atoms with van der Waals surface area (Å²) in [6.07, 6.45) is 3.83. The number of nitrogens with zero attached hydrogens (tertiary/aromatic N) is 1. The van der Waals surface area contributed by atoms with Crippen molar-refractivity contribution < 1.29 is 8.42 Å². The molecule has 1 aromatic heterocycles. The Morgan fingerprint density at radius 2 is 1.80 bits per heavy atom. The normalized spacial score (nSPS) is 12.2. The van der Waals surface area contributed by atoms with Crippen LogP contribution >= 0.6 is 11.3 Å². The summed E-state index contributed by atoms with van der Waals surface area (Å²) < 4.78 is 27.3. The second-order valence-corrected chi connectivity index (χ2v) is 7.76. The molecule has 0 unspecified atom stereocenters. The molecule has 1 heterocycles. The molecule has 0 spiro atoms. The van der Waals surface area contributed by atoms with E-state index in [9.17, 15) is 8.42 Å². The number of nitrogens with one attached hydrogen (secondary N) is 1. The van der Waals surface area contributed by atoms with Crippen LogP contribution in [0.3, 0.4) is 0 Å². The molecule has 4 nitrogen and oxygen atoms in total. The molecule has 0 saturated carbocycles. The number of hydrogen-bond acceptors (Lipinski definition) is 4. The Kier molecular flexibility index (Phi) is 7.72. The summed E-state index contributed by atoms with van der Waals surface area (Å²) >= 11 is 1.50. The summed E-state index contributed by atoms with van der Waals surface area (Å²) in [7, 11) is -1.52. The van der Waals surface area contributed by atoms with Crippen molar-refractivity contribution in [1.82, 2.24) is 9.62 Å². The molecule has 0 saturated heterocycles. The molecule has 0 radical (unpaired) electrons. The lowest BCUT2D eigenvalue weighted by Crippen LogP contribution is -2.33. The molecule has 0 aliphatic rings. The van der Waals surface area contributed by atoms with E-state index in [2.05, 4.69) is 19.2 Å². The summed E-state index contributed by atoms with van der Waals surface area (Å²) in [6.45, 7) is 6.01. The fourth-order valence-electron chi connectivity index (χ4n) is 2.01. The molecule has 0 aliphatic heterocycles. The van der Waals surface area contributed by atoms with E-state index < -0.39 is 10.0 Å². The lowest BCUT2D eigenvalue weighted by atomic mass is 10.3. The molecule has 0 aliphatic carbocycles. The van der Waals surface area contributed by atoms with Crippen LogP contribution in [-0.4, -0.2) is 32.9 Å². The maximum Gasteiger partial charge on any atom is 0.244 e. The molecule has 0 amide bonds. The van der Waals surface area contributed by atoms with Gasteiger partial charge in [0.25, 0.3) is 0 Å². The topological polar surface area (TPSA) is 49.4 Å². The van der Waals surface area contributed by atoms with E-state index in [1.54, 1.807) is 10.4 Å². The molecular weight excluding hydrogens is 292 g/mol. The van der Waals surface area contributed by atoms with Crippen molar-refractivity contribution in [3.8, 4) is 0 Å². The van der Waals surface area contributed by atoms with E-state index in [0.717, 1.165) is 30.6 Å². The minimum absolute atomic E-state index is 0.476. The van der Waals surface area contributed by atoms with Crippen LogP contribution in [0.15, 0.2) is 16.3 Å². The van der Waals surface area contributed by atoms with Gasteiger partial charge in [-0.05, 0) is 31.3 Å². The minimum atomic E-state index is -3.35. The monoisotopic (exact) mass is 318 g/mol. The molecule has 1 N–H and O–H groups in total. The molecular formula is C14H26N2O2S2. The van der Waals surface area contributed by atoms with E-state index in [-0.39, 0.29) is 0 Å². The molecule has 6 heteroatoms. The Morgan fingerprint density at radius 1 is 1.20 bits per heavy atom. The third-order valence-corrected chi connectivity index (χ3v) is 6.22. The maximum absolute atomic E-state index is 12.8. The molecule has 20 heavy (non-hydrogen) atoms. The van der Waals surface area contributed by atoms with Crippen LogP contribution in [0.5, 0.6) is 0 Å². The van der Waals surface area contributed by atoms with Gasteiger partial charge in [0.2, 0.25) is 10.0 Å². The first kappa shape index (κ1) is 17.6. The molecule has 1 aromatic rings. The Balaban J connectivity index is 2.98. The SMILES string of the molecule is CCCCN(CCCC)S(=O)(=O)c1ccsc1CNC. The lowest BCUT2D eigenvalue weighted by molar-refractivity contribution is 0.395. The molecule has 1 rings (SSSR count). The summed E-state index contributed by atoms with van der Waals surface area (Å²) in [4.78, 5) is 1.37. The summed E-state index contributed by atoms with van der Waals surface area (Å²) in [5.41, 5.74) is 0. The fraction of sp³-hybridized carbons (Fsp3) is 0.714. The zero-order valence-electron chi connectivity index (χ0n) is 12.7. The Bertz CT molecular complexity index is 475. The average molecular weight is 319 g/mol. The van der Waals surface area contributed by atoms with Crippen molar-refractivity contribution in [2.24, 2.45) is 0 Å². The molecule has 0 bridgehead atoms. The molecule has 0 aromatic carbocycles. The molecule has 116 valence electrons. The van der Waals surface area contributed by atoms with Gasteiger partial charge in [-0.1, -0.05) is 26.7 Å². The number of thiophene rings is 1. The first-order valence-electron chi connectivity index (χ1n) is 7.29. The smallest absolute Gasteiger partial charge is 0.244 e. The number of hydrogen-bond donors (Lipinski definition) is 1. The third kappa shape index (κ3) is 4.55. The Labute approximate surface area is 127 Å². The number of rotatable bonds is 10. The first-order chi connectivity index (χ1) is 9.57. The van der Waals surface area contributed by atoms with Gasteiger partial charge < -0.3 is 5.32 Å². The van der Waals surface area contributed by atoms with Gasteiger partial charge >= 0.3 is 0 Å². The van der Waals surface area contributed by atoms with Crippen molar-refractivity contribution in [3.05, 3.63) is 16.3 Å². The zero-order valence-corrected chi connectivity index (χ0v) is 14.3. The number of sulfonamides is 1. The van der Waals surface area contributed by atoms with E-state index in [4.69, 9.17) is 0 Å². The number of unbranched alkanes of at least 4 members (excludes halogenated alkanes) is 2. The Morgan fingerprint density at radius 3 is 2.30 bits per heavy atom.